The summed E-state index contributed by atoms with van der Waals surface area (Å²) < 4.78 is 39.0. The minimum Gasteiger partial charge on any atom is -0.348 e. The molecule has 2 aromatic rings. The average Bonchev–Trinajstić information content (AvgIpc) is 2.59. The van der Waals surface area contributed by atoms with Crippen LogP contribution in [0, 0.1) is 5.82 Å². The third kappa shape index (κ3) is 5.55. The first-order valence-electron chi connectivity index (χ1n) is 9.01. The van der Waals surface area contributed by atoms with Crippen LogP contribution in [0.15, 0.2) is 48.5 Å². The number of benzene rings is 2. The van der Waals surface area contributed by atoms with Crippen LogP contribution in [0.2, 0.25) is 0 Å². The standard InChI is InChI=1S/C21H27FN2O3S/c1-15(16-10-12-17(13-11-16)21(2,3)4)23-20(25)14-24(28(5,26)27)19-9-7-6-8-18(19)22/h6-13,15H,14H2,1-5H3,(H,23,25)/t15-/m0/s1. The van der Waals surface area contributed by atoms with Crippen molar-refractivity contribution >= 4 is 21.6 Å². The number of nitrogens with zero attached hydrogens (tertiary/aromatic N) is 1. The van der Waals surface area contributed by atoms with Crippen molar-refractivity contribution in [2.45, 2.75) is 39.2 Å². The zero-order valence-electron chi connectivity index (χ0n) is 16.9. The van der Waals surface area contributed by atoms with E-state index in [0.717, 1.165) is 22.2 Å². The van der Waals surface area contributed by atoms with Crippen LogP contribution in [0.5, 0.6) is 0 Å². The molecule has 0 spiro atoms. The monoisotopic (exact) mass is 406 g/mol. The Morgan fingerprint density at radius 3 is 2.18 bits per heavy atom. The first kappa shape index (κ1) is 21.9. The van der Waals surface area contributed by atoms with Gasteiger partial charge in [0.1, 0.15) is 12.4 Å². The molecule has 0 fully saturated rings. The molecule has 0 aromatic heterocycles. The summed E-state index contributed by atoms with van der Waals surface area (Å²) in [5.41, 5.74) is 1.96. The Morgan fingerprint density at radius 2 is 1.68 bits per heavy atom. The molecule has 28 heavy (non-hydrogen) atoms. The number of sulfonamides is 1. The highest BCUT2D eigenvalue weighted by Crippen LogP contribution is 2.24. The fraction of sp³-hybridized carbons (Fsp3) is 0.381. The van der Waals surface area contributed by atoms with E-state index in [4.69, 9.17) is 0 Å². The number of hydrogen-bond acceptors (Lipinski definition) is 3. The van der Waals surface area contributed by atoms with Crippen LogP contribution in [0.1, 0.15) is 44.9 Å². The summed E-state index contributed by atoms with van der Waals surface area (Å²) in [5, 5.41) is 2.78. The average molecular weight is 407 g/mol. The highest BCUT2D eigenvalue weighted by molar-refractivity contribution is 7.92. The van der Waals surface area contributed by atoms with Crippen molar-refractivity contribution in [3.05, 3.63) is 65.5 Å². The number of anilines is 1. The van der Waals surface area contributed by atoms with Gasteiger partial charge in [-0.05, 0) is 35.6 Å². The van der Waals surface area contributed by atoms with Crippen LogP contribution in [-0.2, 0) is 20.2 Å². The highest BCUT2D eigenvalue weighted by Gasteiger charge is 2.24. The molecule has 0 aliphatic rings. The van der Waals surface area contributed by atoms with E-state index in [9.17, 15) is 17.6 Å². The number of nitrogens with one attached hydrogen (secondary N) is 1. The van der Waals surface area contributed by atoms with Crippen LogP contribution in [0.25, 0.3) is 0 Å². The second-order valence-electron chi connectivity index (χ2n) is 7.88. The second-order valence-corrected chi connectivity index (χ2v) is 9.79. The van der Waals surface area contributed by atoms with E-state index in [-0.39, 0.29) is 17.1 Å². The van der Waals surface area contributed by atoms with Crippen LogP contribution in [-0.4, -0.2) is 27.1 Å². The Bertz CT molecular complexity index is 935. The van der Waals surface area contributed by atoms with E-state index in [2.05, 4.69) is 26.1 Å². The Kier molecular flexibility index (Phi) is 6.49. The van der Waals surface area contributed by atoms with Gasteiger partial charge in [0.05, 0.1) is 18.0 Å². The minimum atomic E-state index is -3.83. The first-order valence-corrected chi connectivity index (χ1v) is 10.9. The summed E-state index contributed by atoms with van der Waals surface area (Å²) in [6.07, 6.45) is 0.946. The molecule has 0 bridgehead atoms. The Morgan fingerprint density at radius 1 is 1.11 bits per heavy atom. The third-order valence-electron chi connectivity index (χ3n) is 4.46. The maximum absolute atomic E-state index is 14.0. The van der Waals surface area contributed by atoms with Crippen molar-refractivity contribution in [3.63, 3.8) is 0 Å². The lowest BCUT2D eigenvalue weighted by molar-refractivity contribution is -0.120. The van der Waals surface area contributed by atoms with Crippen molar-refractivity contribution in [1.82, 2.24) is 5.32 Å². The molecule has 152 valence electrons. The Balaban J connectivity index is 2.13. The molecular weight excluding hydrogens is 379 g/mol. The molecular formula is C21H27FN2O3S. The third-order valence-corrected chi connectivity index (χ3v) is 5.59. The summed E-state index contributed by atoms with van der Waals surface area (Å²) in [4.78, 5) is 12.5. The predicted molar refractivity (Wildman–Crippen MR) is 110 cm³/mol. The number of carbonyl (C=O) groups is 1. The van der Waals surface area contributed by atoms with E-state index in [1.54, 1.807) is 0 Å². The molecule has 5 nitrogen and oxygen atoms in total. The Labute approximate surface area is 166 Å². The van der Waals surface area contributed by atoms with Crippen molar-refractivity contribution < 1.29 is 17.6 Å². The van der Waals surface area contributed by atoms with Gasteiger partial charge in [-0.15, -0.1) is 0 Å². The van der Waals surface area contributed by atoms with E-state index in [1.165, 1.54) is 23.8 Å². The van der Waals surface area contributed by atoms with Gasteiger partial charge in [-0.3, -0.25) is 9.10 Å². The largest absolute Gasteiger partial charge is 0.348 e. The zero-order valence-corrected chi connectivity index (χ0v) is 17.7. The van der Waals surface area contributed by atoms with Crippen LogP contribution >= 0.6 is 0 Å². The van der Waals surface area contributed by atoms with E-state index < -0.39 is 28.3 Å². The van der Waals surface area contributed by atoms with E-state index in [0.29, 0.717) is 0 Å². The number of amides is 1. The van der Waals surface area contributed by atoms with Crippen molar-refractivity contribution in [1.29, 1.82) is 0 Å². The Hall–Kier alpha value is -2.41. The second kappa shape index (κ2) is 8.31. The molecule has 1 N–H and O–H groups in total. The van der Waals surface area contributed by atoms with Gasteiger partial charge in [-0.2, -0.15) is 0 Å². The van der Waals surface area contributed by atoms with Gasteiger partial charge in [-0.25, -0.2) is 12.8 Å². The summed E-state index contributed by atoms with van der Waals surface area (Å²) >= 11 is 0. The molecule has 7 heteroatoms. The number of halogens is 1. The number of hydrogen-bond donors (Lipinski definition) is 1. The number of rotatable bonds is 6. The van der Waals surface area contributed by atoms with Gasteiger partial charge in [0.2, 0.25) is 15.9 Å². The van der Waals surface area contributed by atoms with Crippen molar-refractivity contribution in [2.75, 3.05) is 17.1 Å². The predicted octanol–water partition coefficient (Wildman–Crippen LogP) is 3.77. The van der Waals surface area contributed by atoms with Crippen LogP contribution < -0.4 is 9.62 Å². The topological polar surface area (TPSA) is 66.5 Å². The summed E-state index contributed by atoms with van der Waals surface area (Å²) in [6, 6.07) is 13.1. The number of carbonyl (C=O) groups excluding carboxylic acids is 1. The fourth-order valence-corrected chi connectivity index (χ4v) is 3.66. The molecule has 0 radical (unpaired) electrons. The normalized spacial score (nSPS) is 13.1. The van der Waals surface area contributed by atoms with Crippen LogP contribution in [0.3, 0.4) is 0 Å². The molecule has 0 saturated heterocycles. The minimum absolute atomic E-state index is 0.0285. The van der Waals surface area contributed by atoms with Gasteiger partial charge >= 0.3 is 0 Å². The molecule has 1 atom stereocenters. The SMILES string of the molecule is C[C@H](NC(=O)CN(c1ccccc1F)S(C)(=O)=O)c1ccc(C(C)(C)C)cc1. The number of para-hydroxylation sites is 1. The lowest BCUT2D eigenvalue weighted by Crippen LogP contribution is -2.41. The molecule has 0 aliphatic heterocycles. The van der Waals surface area contributed by atoms with Crippen molar-refractivity contribution in [3.8, 4) is 0 Å². The molecule has 0 unspecified atom stereocenters. The maximum Gasteiger partial charge on any atom is 0.241 e. The highest BCUT2D eigenvalue weighted by atomic mass is 32.2. The quantitative estimate of drug-likeness (QED) is 0.794. The smallest absolute Gasteiger partial charge is 0.241 e. The molecule has 0 saturated carbocycles. The first-order chi connectivity index (χ1) is 12.9. The summed E-state index contributed by atoms with van der Waals surface area (Å²) in [7, 11) is -3.83. The lowest BCUT2D eigenvalue weighted by Gasteiger charge is -2.24. The van der Waals surface area contributed by atoms with Gasteiger partial charge in [0.25, 0.3) is 0 Å². The fourth-order valence-electron chi connectivity index (χ4n) is 2.81. The van der Waals surface area contributed by atoms with Gasteiger partial charge in [-0.1, -0.05) is 57.2 Å². The van der Waals surface area contributed by atoms with E-state index >= 15 is 0 Å². The summed E-state index contributed by atoms with van der Waals surface area (Å²) in [6.45, 7) is 7.68. The molecule has 2 aromatic carbocycles. The lowest BCUT2D eigenvalue weighted by atomic mass is 9.86. The van der Waals surface area contributed by atoms with Gasteiger partial charge in [0.15, 0.2) is 0 Å². The van der Waals surface area contributed by atoms with Crippen LogP contribution in [0.4, 0.5) is 10.1 Å². The van der Waals surface area contributed by atoms with Crippen molar-refractivity contribution in [2.24, 2.45) is 0 Å². The van der Waals surface area contributed by atoms with Gasteiger partial charge < -0.3 is 5.32 Å². The maximum atomic E-state index is 14.0. The molecule has 0 heterocycles. The molecule has 1 amide bonds. The zero-order chi connectivity index (χ0) is 21.1. The van der Waals surface area contributed by atoms with E-state index in [1.807, 2.05) is 31.2 Å². The summed E-state index contributed by atoms with van der Waals surface area (Å²) in [5.74, 6) is -1.22. The van der Waals surface area contributed by atoms with Gasteiger partial charge in [0, 0.05) is 0 Å². The molecule has 2 rings (SSSR count). The molecule has 0 aliphatic carbocycles.